The fraction of sp³-hybridized carbons (Fsp3) is 0.526. The van der Waals surface area contributed by atoms with Crippen LogP contribution in [-0.2, 0) is 11.3 Å². The summed E-state index contributed by atoms with van der Waals surface area (Å²) in [5.74, 6) is -1.34. The third-order valence-corrected chi connectivity index (χ3v) is 5.44. The second-order valence-corrected chi connectivity index (χ2v) is 7.47. The van der Waals surface area contributed by atoms with Crippen molar-refractivity contribution >= 4 is 22.9 Å². The van der Waals surface area contributed by atoms with Gasteiger partial charge in [0.1, 0.15) is 6.04 Å². The van der Waals surface area contributed by atoms with Crippen molar-refractivity contribution in [2.24, 2.45) is 0 Å². The van der Waals surface area contributed by atoms with Crippen LogP contribution in [0.4, 0.5) is 0 Å². The van der Waals surface area contributed by atoms with Crippen LogP contribution in [0, 0.1) is 0 Å². The smallest absolute Gasteiger partial charge is 0.329 e. The zero-order chi connectivity index (χ0) is 20.0. The lowest BCUT2D eigenvalue weighted by molar-refractivity contribution is -0.141. The van der Waals surface area contributed by atoms with Gasteiger partial charge in [-0.25, -0.2) is 14.6 Å². The number of fused-ring (bicyclic) bond motifs is 1. The number of pyridine rings is 1. The molecule has 2 aliphatic rings. The Kier molecular flexibility index (Phi) is 4.52. The summed E-state index contributed by atoms with van der Waals surface area (Å²) < 4.78 is 1.39. The molecule has 9 nitrogen and oxygen atoms in total. The number of aliphatic carboxylic acids is 1. The number of carboxylic acid groups (broad SMARTS) is 1. The zero-order valence-corrected chi connectivity index (χ0v) is 15.6. The quantitative estimate of drug-likeness (QED) is 0.791. The molecular weight excluding hydrogens is 364 g/mol. The van der Waals surface area contributed by atoms with Crippen molar-refractivity contribution in [3.05, 3.63) is 38.2 Å². The number of aromatic amines is 1. The predicted octanol–water partition coefficient (Wildman–Crippen LogP) is 1.06. The number of aromatic nitrogens is 3. The van der Waals surface area contributed by atoms with Crippen LogP contribution in [-0.4, -0.2) is 49.0 Å². The number of carbonyl (C=O) groups is 2. The number of amides is 1. The van der Waals surface area contributed by atoms with E-state index in [4.69, 9.17) is 0 Å². The second kappa shape index (κ2) is 6.88. The molecule has 0 spiro atoms. The summed E-state index contributed by atoms with van der Waals surface area (Å²) in [4.78, 5) is 57.9. The molecule has 0 bridgehead atoms. The highest BCUT2D eigenvalue weighted by molar-refractivity contribution is 6.06. The fourth-order valence-corrected chi connectivity index (χ4v) is 3.90. The first-order valence-corrected chi connectivity index (χ1v) is 9.64. The third kappa shape index (κ3) is 3.00. The first-order chi connectivity index (χ1) is 13.4. The normalized spacial score (nSPS) is 19.3. The first kappa shape index (κ1) is 18.4. The van der Waals surface area contributed by atoms with E-state index in [2.05, 4.69) is 9.97 Å². The zero-order valence-electron chi connectivity index (χ0n) is 15.6. The van der Waals surface area contributed by atoms with Gasteiger partial charge in [0.15, 0.2) is 5.65 Å². The monoisotopic (exact) mass is 386 g/mol. The number of rotatable bonds is 5. The SMILES string of the molecule is CCCn1c(=O)[nH]c(=O)c2c(C(=O)N3CCCC3C(=O)O)cc(C3CC3)nc21. The van der Waals surface area contributed by atoms with Crippen molar-refractivity contribution in [2.45, 2.75) is 57.5 Å². The van der Waals surface area contributed by atoms with Crippen molar-refractivity contribution < 1.29 is 14.7 Å². The molecule has 1 amide bonds. The van der Waals surface area contributed by atoms with E-state index in [-0.39, 0.29) is 22.5 Å². The van der Waals surface area contributed by atoms with Crippen molar-refractivity contribution in [1.29, 1.82) is 0 Å². The molecule has 1 saturated carbocycles. The minimum absolute atomic E-state index is 0.0542. The Labute approximate surface area is 160 Å². The minimum atomic E-state index is -1.05. The molecular formula is C19H22N4O5. The van der Waals surface area contributed by atoms with E-state index in [0.29, 0.717) is 38.0 Å². The summed E-state index contributed by atoms with van der Waals surface area (Å²) in [6.07, 6.45) is 3.52. The van der Waals surface area contributed by atoms with Crippen LogP contribution >= 0.6 is 0 Å². The van der Waals surface area contributed by atoms with E-state index < -0.39 is 29.2 Å². The molecule has 1 unspecified atom stereocenters. The van der Waals surface area contributed by atoms with E-state index in [0.717, 1.165) is 12.8 Å². The number of hydrogen-bond donors (Lipinski definition) is 2. The van der Waals surface area contributed by atoms with Crippen molar-refractivity contribution in [3.8, 4) is 0 Å². The Morgan fingerprint density at radius 1 is 1.29 bits per heavy atom. The van der Waals surface area contributed by atoms with Gasteiger partial charge in [0.25, 0.3) is 11.5 Å². The standard InChI is InChI=1S/C19H22N4O5/c1-2-7-23-15-14(16(24)21-19(23)28)11(9-12(20-15)10-5-6-10)17(25)22-8-3-4-13(22)18(26)27/h9-10,13H,2-8H2,1H3,(H,26,27)(H,21,24,28). The van der Waals surface area contributed by atoms with E-state index in [1.165, 1.54) is 9.47 Å². The summed E-state index contributed by atoms with van der Waals surface area (Å²) in [5, 5.41) is 9.49. The summed E-state index contributed by atoms with van der Waals surface area (Å²) in [6.45, 7) is 2.59. The number of H-pyrrole nitrogens is 1. The van der Waals surface area contributed by atoms with Crippen LogP contribution in [0.5, 0.6) is 0 Å². The summed E-state index contributed by atoms with van der Waals surface area (Å²) in [5.41, 5.74) is -0.211. The topological polar surface area (TPSA) is 125 Å². The largest absolute Gasteiger partial charge is 0.480 e. The molecule has 0 aromatic carbocycles. The van der Waals surface area contributed by atoms with Crippen LogP contribution in [0.3, 0.4) is 0 Å². The molecule has 2 aromatic heterocycles. The molecule has 1 atom stereocenters. The molecule has 4 rings (SSSR count). The van der Waals surface area contributed by atoms with Crippen LogP contribution in [0.25, 0.3) is 11.0 Å². The van der Waals surface area contributed by atoms with Crippen molar-refractivity contribution in [3.63, 3.8) is 0 Å². The highest BCUT2D eigenvalue weighted by Gasteiger charge is 2.36. The Morgan fingerprint density at radius 2 is 2.04 bits per heavy atom. The fourth-order valence-electron chi connectivity index (χ4n) is 3.90. The van der Waals surface area contributed by atoms with Gasteiger partial charge in [-0.3, -0.25) is 19.1 Å². The van der Waals surface area contributed by atoms with Crippen molar-refractivity contribution in [2.75, 3.05) is 6.54 Å². The van der Waals surface area contributed by atoms with Gasteiger partial charge in [0.2, 0.25) is 0 Å². The van der Waals surface area contributed by atoms with Crippen molar-refractivity contribution in [1.82, 2.24) is 19.4 Å². The Bertz CT molecular complexity index is 1080. The maximum absolute atomic E-state index is 13.3. The average molecular weight is 386 g/mol. The van der Waals surface area contributed by atoms with E-state index in [1.54, 1.807) is 6.07 Å². The molecule has 1 saturated heterocycles. The Balaban J connectivity index is 1.95. The number of carbonyl (C=O) groups excluding carboxylic acids is 1. The van der Waals surface area contributed by atoms with E-state index >= 15 is 0 Å². The lowest BCUT2D eigenvalue weighted by atomic mass is 10.1. The van der Waals surface area contributed by atoms with E-state index in [9.17, 15) is 24.3 Å². The molecule has 0 radical (unpaired) electrons. The molecule has 2 N–H and O–H groups in total. The highest BCUT2D eigenvalue weighted by Crippen LogP contribution is 2.40. The number of likely N-dealkylation sites (tertiary alicyclic amines) is 1. The lowest BCUT2D eigenvalue weighted by Gasteiger charge is -2.22. The second-order valence-electron chi connectivity index (χ2n) is 7.47. The molecule has 2 fully saturated rings. The summed E-state index contributed by atoms with van der Waals surface area (Å²) in [6, 6.07) is 0.705. The van der Waals surface area contributed by atoms with Gasteiger partial charge in [-0.05, 0) is 38.2 Å². The van der Waals surface area contributed by atoms with Gasteiger partial charge in [-0.2, -0.15) is 0 Å². The number of aryl methyl sites for hydroxylation is 1. The van der Waals surface area contributed by atoms with E-state index in [1.807, 2.05) is 6.92 Å². The van der Waals surface area contributed by atoms with Crippen LogP contribution in [0.1, 0.15) is 61.0 Å². The van der Waals surface area contributed by atoms with Crippen LogP contribution in [0.15, 0.2) is 15.7 Å². The Morgan fingerprint density at radius 3 is 2.68 bits per heavy atom. The van der Waals surface area contributed by atoms with Gasteiger partial charge in [0, 0.05) is 24.7 Å². The number of nitrogens with one attached hydrogen (secondary N) is 1. The lowest BCUT2D eigenvalue weighted by Crippen LogP contribution is -2.41. The molecule has 2 aromatic rings. The number of hydrogen-bond acceptors (Lipinski definition) is 5. The van der Waals surface area contributed by atoms with Crippen LogP contribution < -0.4 is 11.2 Å². The third-order valence-electron chi connectivity index (χ3n) is 5.44. The number of carboxylic acids is 1. The van der Waals surface area contributed by atoms with Gasteiger partial charge in [-0.15, -0.1) is 0 Å². The van der Waals surface area contributed by atoms with Gasteiger partial charge in [0.05, 0.1) is 10.9 Å². The van der Waals surface area contributed by atoms with Gasteiger partial charge >= 0.3 is 11.7 Å². The molecule has 3 heterocycles. The molecule has 1 aliphatic heterocycles. The Hall–Kier alpha value is -2.97. The summed E-state index contributed by atoms with van der Waals surface area (Å²) in [7, 11) is 0. The maximum Gasteiger partial charge on any atom is 0.329 e. The molecule has 9 heteroatoms. The van der Waals surface area contributed by atoms with Gasteiger partial charge in [-0.1, -0.05) is 6.92 Å². The maximum atomic E-state index is 13.3. The number of nitrogens with zero attached hydrogens (tertiary/aromatic N) is 3. The van der Waals surface area contributed by atoms with Crippen LogP contribution in [0.2, 0.25) is 0 Å². The molecule has 148 valence electrons. The first-order valence-electron chi connectivity index (χ1n) is 9.64. The molecule has 1 aliphatic carbocycles. The average Bonchev–Trinajstić information content (AvgIpc) is 3.39. The summed E-state index contributed by atoms with van der Waals surface area (Å²) >= 11 is 0. The minimum Gasteiger partial charge on any atom is -0.480 e. The molecule has 28 heavy (non-hydrogen) atoms. The van der Waals surface area contributed by atoms with Gasteiger partial charge < -0.3 is 10.0 Å². The predicted molar refractivity (Wildman–Crippen MR) is 101 cm³/mol. The highest BCUT2D eigenvalue weighted by atomic mass is 16.4.